The molecule has 6 heteroatoms. The molecule has 156 valence electrons. The van der Waals surface area contributed by atoms with Crippen molar-refractivity contribution in [3.63, 3.8) is 0 Å². The Kier molecular flexibility index (Phi) is 6.12. The zero-order valence-electron chi connectivity index (χ0n) is 17.2. The van der Waals surface area contributed by atoms with E-state index in [0.29, 0.717) is 10.0 Å². The average molecular weight is 450 g/mol. The summed E-state index contributed by atoms with van der Waals surface area (Å²) in [5, 5.41) is 7.52. The predicted molar refractivity (Wildman–Crippen MR) is 129 cm³/mol. The van der Waals surface area contributed by atoms with Crippen LogP contribution in [0.3, 0.4) is 0 Å². The van der Waals surface area contributed by atoms with Crippen LogP contribution in [0.5, 0.6) is 0 Å². The molecule has 0 saturated carbocycles. The van der Waals surface area contributed by atoms with Crippen LogP contribution < -0.4 is 5.43 Å². The summed E-state index contributed by atoms with van der Waals surface area (Å²) in [5.41, 5.74) is 7.33. The van der Waals surface area contributed by atoms with E-state index in [1.165, 1.54) is 0 Å². The standard InChI is InChI=1S/C25H21Cl2N3O/c1-16-12-20(17(2)30(16)24-11-10-21(26)14-23(24)27)15-28-29-25(31)13-19-8-5-7-18-6-3-4-9-22(18)19/h3-12,14-15H,13H2,1-2H3,(H,29,31)/b28-15-. The number of carbonyl (C=O) groups is 1. The molecule has 0 radical (unpaired) electrons. The molecule has 0 saturated heterocycles. The van der Waals surface area contributed by atoms with Crippen molar-refractivity contribution in [2.75, 3.05) is 0 Å². The molecule has 1 N–H and O–H groups in total. The number of aryl methyl sites for hydroxylation is 1. The van der Waals surface area contributed by atoms with Gasteiger partial charge in [0, 0.05) is 22.0 Å². The molecule has 4 aromatic rings. The van der Waals surface area contributed by atoms with Crippen LogP contribution in [0.15, 0.2) is 71.8 Å². The first kappa shape index (κ1) is 21.2. The molecule has 0 aliphatic heterocycles. The van der Waals surface area contributed by atoms with E-state index in [1.54, 1.807) is 12.3 Å². The molecule has 1 aromatic heterocycles. The monoisotopic (exact) mass is 449 g/mol. The number of amides is 1. The molecule has 4 rings (SSSR count). The van der Waals surface area contributed by atoms with Gasteiger partial charge < -0.3 is 4.57 Å². The number of aromatic nitrogens is 1. The van der Waals surface area contributed by atoms with Gasteiger partial charge in [-0.25, -0.2) is 5.43 Å². The summed E-state index contributed by atoms with van der Waals surface area (Å²) in [5.74, 6) is -0.165. The fraction of sp³-hybridized carbons (Fsp3) is 0.120. The summed E-state index contributed by atoms with van der Waals surface area (Å²) in [6.07, 6.45) is 1.92. The number of hydrogen-bond acceptors (Lipinski definition) is 2. The highest BCUT2D eigenvalue weighted by molar-refractivity contribution is 6.35. The third kappa shape index (κ3) is 4.50. The predicted octanol–water partition coefficient (Wildman–Crippen LogP) is 6.25. The van der Waals surface area contributed by atoms with Crippen LogP contribution in [-0.2, 0) is 11.2 Å². The minimum Gasteiger partial charge on any atom is -0.316 e. The van der Waals surface area contributed by atoms with Crippen molar-refractivity contribution in [3.8, 4) is 5.69 Å². The second kappa shape index (κ2) is 8.96. The van der Waals surface area contributed by atoms with Crippen molar-refractivity contribution in [1.82, 2.24) is 9.99 Å². The van der Waals surface area contributed by atoms with Crippen LogP contribution in [0.1, 0.15) is 22.5 Å². The Morgan fingerprint density at radius 1 is 1.03 bits per heavy atom. The molecular weight excluding hydrogens is 429 g/mol. The van der Waals surface area contributed by atoms with E-state index in [0.717, 1.165) is 39.0 Å². The van der Waals surface area contributed by atoms with Gasteiger partial charge in [0.2, 0.25) is 5.91 Å². The second-order valence-corrected chi connectivity index (χ2v) is 8.21. The van der Waals surface area contributed by atoms with Crippen LogP contribution in [0.2, 0.25) is 10.0 Å². The number of benzene rings is 3. The topological polar surface area (TPSA) is 46.4 Å². The summed E-state index contributed by atoms with van der Waals surface area (Å²) in [4.78, 5) is 12.4. The Morgan fingerprint density at radius 3 is 2.61 bits per heavy atom. The summed E-state index contributed by atoms with van der Waals surface area (Å²) >= 11 is 12.4. The maximum Gasteiger partial charge on any atom is 0.244 e. The number of nitrogens with zero attached hydrogens (tertiary/aromatic N) is 2. The normalized spacial score (nSPS) is 11.4. The van der Waals surface area contributed by atoms with Gasteiger partial charge in [-0.05, 0) is 54.4 Å². The third-order valence-corrected chi connectivity index (χ3v) is 5.78. The molecule has 3 aromatic carbocycles. The molecule has 0 fully saturated rings. The minimum absolute atomic E-state index is 0.165. The smallest absolute Gasteiger partial charge is 0.244 e. The molecule has 4 nitrogen and oxygen atoms in total. The molecule has 0 aliphatic rings. The van der Waals surface area contributed by atoms with Gasteiger partial charge in [-0.3, -0.25) is 4.79 Å². The molecule has 0 atom stereocenters. The molecule has 0 spiro atoms. The number of hydrogen-bond donors (Lipinski definition) is 1. The molecule has 0 bridgehead atoms. The Labute approximate surface area is 191 Å². The van der Waals surface area contributed by atoms with Crippen molar-refractivity contribution in [2.45, 2.75) is 20.3 Å². The fourth-order valence-corrected chi connectivity index (χ4v) is 4.28. The number of hydrazone groups is 1. The Balaban J connectivity index is 1.50. The van der Waals surface area contributed by atoms with Crippen molar-refractivity contribution in [2.24, 2.45) is 5.10 Å². The maximum absolute atomic E-state index is 12.4. The lowest BCUT2D eigenvalue weighted by atomic mass is 10.0. The zero-order valence-corrected chi connectivity index (χ0v) is 18.7. The molecule has 0 aliphatic carbocycles. The molecule has 1 amide bonds. The van der Waals surface area contributed by atoms with Crippen molar-refractivity contribution >= 4 is 46.1 Å². The van der Waals surface area contributed by atoms with Crippen LogP contribution in [0.25, 0.3) is 16.5 Å². The number of halogens is 2. The van der Waals surface area contributed by atoms with E-state index < -0.39 is 0 Å². The van der Waals surface area contributed by atoms with E-state index in [9.17, 15) is 4.79 Å². The van der Waals surface area contributed by atoms with E-state index in [4.69, 9.17) is 23.2 Å². The van der Waals surface area contributed by atoms with Gasteiger partial charge in [0.25, 0.3) is 0 Å². The van der Waals surface area contributed by atoms with E-state index in [1.807, 2.05) is 79.1 Å². The number of nitrogens with one attached hydrogen (secondary N) is 1. The highest BCUT2D eigenvalue weighted by Crippen LogP contribution is 2.28. The maximum atomic E-state index is 12.4. The number of carbonyl (C=O) groups excluding carboxylic acids is 1. The van der Waals surface area contributed by atoms with Crippen molar-refractivity contribution < 1.29 is 4.79 Å². The van der Waals surface area contributed by atoms with Gasteiger partial charge in [0.05, 0.1) is 23.3 Å². The summed E-state index contributed by atoms with van der Waals surface area (Å²) < 4.78 is 2.04. The van der Waals surface area contributed by atoms with E-state index in [-0.39, 0.29) is 12.3 Å². The fourth-order valence-electron chi connectivity index (χ4n) is 3.78. The first-order valence-corrected chi connectivity index (χ1v) is 10.6. The lowest BCUT2D eigenvalue weighted by Crippen LogP contribution is -2.19. The average Bonchev–Trinajstić information content (AvgIpc) is 3.02. The van der Waals surface area contributed by atoms with E-state index >= 15 is 0 Å². The molecule has 31 heavy (non-hydrogen) atoms. The molecule has 0 unspecified atom stereocenters. The quantitative estimate of drug-likeness (QED) is 0.284. The first-order valence-electron chi connectivity index (χ1n) is 9.87. The van der Waals surface area contributed by atoms with E-state index in [2.05, 4.69) is 10.5 Å². The molecular formula is C25H21Cl2N3O. The van der Waals surface area contributed by atoms with Crippen LogP contribution >= 0.6 is 23.2 Å². The van der Waals surface area contributed by atoms with Crippen molar-refractivity contribution in [3.05, 3.63) is 99.3 Å². The van der Waals surface area contributed by atoms with Gasteiger partial charge in [0.15, 0.2) is 0 Å². The van der Waals surface area contributed by atoms with Gasteiger partial charge in [-0.1, -0.05) is 65.7 Å². The van der Waals surface area contributed by atoms with Crippen LogP contribution in [-0.4, -0.2) is 16.7 Å². The van der Waals surface area contributed by atoms with Gasteiger partial charge in [-0.2, -0.15) is 5.10 Å². The van der Waals surface area contributed by atoms with Crippen LogP contribution in [0, 0.1) is 13.8 Å². The van der Waals surface area contributed by atoms with Gasteiger partial charge in [-0.15, -0.1) is 0 Å². The molecule has 1 heterocycles. The zero-order chi connectivity index (χ0) is 22.0. The highest BCUT2D eigenvalue weighted by Gasteiger charge is 2.13. The van der Waals surface area contributed by atoms with Gasteiger partial charge in [0.1, 0.15) is 0 Å². The third-order valence-electron chi connectivity index (χ3n) is 5.24. The summed E-state index contributed by atoms with van der Waals surface area (Å²) in [6.45, 7) is 3.98. The summed E-state index contributed by atoms with van der Waals surface area (Å²) in [7, 11) is 0. The number of rotatable bonds is 5. The first-order chi connectivity index (χ1) is 14.9. The lowest BCUT2D eigenvalue weighted by molar-refractivity contribution is -0.120. The SMILES string of the molecule is Cc1cc(/C=N\NC(=O)Cc2cccc3ccccc23)c(C)n1-c1ccc(Cl)cc1Cl. The highest BCUT2D eigenvalue weighted by atomic mass is 35.5. The van der Waals surface area contributed by atoms with Crippen LogP contribution in [0.4, 0.5) is 0 Å². The summed E-state index contributed by atoms with van der Waals surface area (Å²) in [6, 6.07) is 21.4. The lowest BCUT2D eigenvalue weighted by Gasteiger charge is -2.11. The minimum atomic E-state index is -0.165. The second-order valence-electron chi connectivity index (χ2n) is 7.37. The largest absolute Gasteiger partial charge is 0.316 e. The Morgan fingerprint density at radius 2 is 1.81 bits per heavy atom. The Bertz CT molecular complexity index is 1300. The van der Waals surface area contributed by atoms with Crippen molar-refractivity contribution in [1.29, 1.82) is 0 Å². The number of fused-ring (bicyclic) bond motifs is 1. The van der Waals surface area contributed by atoms with Gasteiger partial charge >= 0.3 is 0 Å². The Hall–Kier alpha value is -3.08.